The van der Waals surface area contributed by atoms with Crippen LogP contribution in [0.4, 0.5) is 0 Å². The van der Waals surface area contributed by atoms with Crippen LogP contribution < -0.4 is 9.47 Å². The van der Waals surface area contributed by atoms with E-state index < -0.39 is 5.97 Å². The van der Waals surface area contributed by atoms with Crippen molar-refractivity contribution >= 4 is 5.97 Å². The van der Waals surface area contributed by atoms with Gasteiger partial charge in [0.1, 0.15) is 17.3 Å². The molecule has 3 aromatic rings. The first kappa shape index (κ1) is 17.5. The minimum absolute atomic E-state index is 0.188. The topological polar surface area (TPSA) is 70.8 Å². The lowest BCUT2D eigenvalue weighted by Gasteiger charge is -2.06. The van der Waals surface area contributed by atoms with Crippen molar-refractivity contribution in [3.8, 4) is 22.8 Å². The van der Waals surface area contributed by atoms with Crippen LogP contribution in [0.1, 0.15) is 16.3 Å². The molecule has 6 heteroatoms. The van der Waals surface area contributed by atoms with Crippen LogP contribution in [-0.2, 0) is 11.2 Å². The third-order valence-electron chi connectivity index (χ3n) is 3.79. The predicted molar refractivity (Wildman–Crippen MR) is 95.5 cm³/mol. The number of furan rings is 1. The van der Waals surface area contributed by atoms with Crippen LogP contribution in [0.2, 0.25) is 0 Å². The van der Waals surface area contributed by atoms with Crippen LogP contribution in [0, 0.1) is 0 Å². The van der Waals surface area contributed by atoms with Crippen LogP contribution in [-0.4, -0.2) is 31.8 Å². The molecule has 0 saturated carbocycles. The highest BCUT2D eigenvalue weighted by Crippen LogP contribution is 2.22. The van der Waals surface area contributed by atoms with Crippen molar-refractivity contribution in [2.45, 2.75) is 6.42 Å². The number of esters is 1. The quantitative estimate of drug-likeness (QED) is 0.602. The van der Waals surface area contributed by atoms with Crippen molar-refractivity contribution in [2.75, 3.05) is 20.8 Å². The Morgan fingerprint density at radius 2 is 1.77 bits per heavy atom. The monoisotopic (exact) mass is 353 g/mol. The fourth-order valence-corrected chi connectivity index (χ4v) is 2.39. The number of aromatic nitrogens is 1. The van der Waals surface area contributed by atoms with Gasteiger partial charge in [0, 0.05) is 12.0 Å². The lowest BCUT2D eigenvalue weighted by atomic mass is 10.1. The van der Waals surface area contributed by atoms with Crippen molar-refractivity contribution in [3.63, 3.8) is 0 Å². The lowest BCUT2D eigenvalue weighted by Crippen LogP contribution is -2.01. The van der Waals surface area contributed by atoms with Crippen LogP contribution in [0.15, 0.2) is 59.1 Å². The average molecular weight is 353 g/mol. The molecule has 6 nitrogen and oxygen atoms in total. The van der Waals surface area contributed by atoms with Gasteiger partial charge in [0.25, 0.3) is 0 Å². The summed E-state index contributed by atoms with van der Waals surface area (Å²) in [5.74, 6) is 1.83. The van der Waals surface area contributed by atoms with Crippen molar-refractivity contribution < 1.29 is 23.4 Å². The summed E-state index contributed by atoms with van der Waals surface area (Å²) in [7, 11) is 2.95. The second-order valence-corrected chi connectivity index (χ2v) is 5.46. The van der Waals surface area contributed by atoms with E-state index in [1.807, 2.05) is 36.4 Å². The second-order valence-electron chi connectivity index (χ2n) is 5.46. The zero-order valence-electron chi connectivity index (χ0n) is 14.6. The number of carbonyl (C=O) groups excluding carboxylic acids is 1. The third kappa shape index (κ3) is 4.22. The van der Waals surface area contributed by atoms with Gasteiger partial charge in [0.2, 0.25) is 5.76 Å². The Balaban J connectivity index is 1.54. The van der Waals surface area contributed by atoms with E-state index in [0.29, 0.717) is 24.5 Å². The summed E-state index contributed by atoms with van der Waals surface area (Å²) in [5, 5.41) is 0. The highest BCUT2D eigenvalue weighted by molar-refractivity contribution is 5.86. The minimum Gasteiger partial charge on any atom is -0.497 e. The first-order valence-corrected chi connectivity index (χ1v) is 8.10. The zero-order chi connectivity index (χ0) is 18.4. The number of ether oxygens (including phenoxy) is 3. The molecule has 0 aliphatic heterocycles. The van der Waals surface area contributed by atoms with Gasteiger partial charge in [-0.05, 0) is 48.5 Å². The molecule has 0 bridgehead atoms. The molecule has 0 aliphatic carbocycles. The summed E-state index contributed by atoms with van der Waals surface area (Å²) in [6.45, 7) is 0.414. The average Bonchev–Trinajstić information content (AvgIpc) is 3.17. The number of benzene rings is 1. The predicted octanol–water partition coefficient (Wildman–Crippen LogP) is 3.76. The van der Waals surface area contributed by atoms with Crippen LogP contribution in [0.25, 0.3) is 11.3 Å². The molecule has 3 rings (SSSR count). The highest BCUT2D eigenvalue weighted by Gasteiger charge is 2.11. The number of carbonyl (C=O) groups is 1. The van der Waals surface area contributed by atoms with Gasteiger partial charge in [-0.1, -0.05) is 0 Å². The maximum absolute atomic E-state index is 11.3. The summed E-state index contributed by atoms with van der Waals surface area (Å²) < 4.78 is 20.8. The minimum atomic E-state index is -0.490. The van der Waals surface area contributed by atoms with E-state index in [0.717, 1.165) is 17.0 Å². The molecule has 0 amide bonds. The van der Waals surface area contributed by atoms with Gasteiger partial charge in [-0.15, -0.1) is 0 Å². The molecule has 0 atom stereocenters. The van der Waals surface area contributed by atoms with Gasteiger partial charge in [0.05, 0.1) is 32.7 Å². The maximum atomic E-state index is 11.3. The van der Waals surface area contributed by atoms with E-state index in [9.17, 15) is 4.79 Å². The Kier molecular flexibility index (Phi) is 5.53. The first-order valence-electron chi connectivity index (χ1n) is 8.10. The Morgan fingerprint density at radius 3 is 2.42 bits per heavy atom. The Hall–Kier alpha value is -3.28. The van der Waals surface area contributed by atoms with E-state index in [4.69, 9.17) is 13.9 Å². The fourth-order valence-electron chi connectivity index (χ4n) is 2.39. The molecule has 2 heterocycles. The molecule has 134 valence electrons. The van der Waals surface area contributed by atoms with Gasteiger partial charge < -0.3 is 18.6 Å². The molecule has 0 fully saturated rings. The number of hydrogen-bond acceptors (Lipinski definition) is 6. The van der Waals surface area contributed by atoms with Crippen molar-refractivity contribution in [2.24, 2.45) is 0 Å². The smallest absolute Gasteiger partial charge is 0.373 e. The molecule has 0 saturated heterocycles. The van der Waals surface area contributed by atoms with Crippen LogP contribution in [0.3, 0.4) is 0 Å². The molecule has 0 N–H and O–H groups in total. The molecular weight excluding hydrogens is 334 g/mol. The Bertz CT molecular complexity index is 853. The first-order chi connectivity index (χ1) is 12.7. The van der Waals surface area contributed by atoms with Gasteiger partial charge in [-0.25, -0.2) is 4.79 Å². The standard InChI is InChI=1S/C20H19NO5/c1-23-15-5-3-14(4-6-15)18-9-7-17(13-21-18)25-12-11-16-8-10-19(26-16)20(22)24-2/h3-10,13H,11-12H2,1-2H3. The summed E-state index contributed by atoms with van der Waals surface area (Å²) in [5.41, 5.74) is 1.86. The lowest BCUT2D eigenvalue weighted by molar-refractivity contribution is 0.0562. The van der Waals surface area contributed by atoms with E-state index in [1.54, 1.807) is 25.4 Å². The van der Waals surface area contributed by atoms with Crippen LogP contribution in [0.5, 0.6) is 11.5 Å². The number of methoxy groups -OCH3 is 2. The molecule has 0 aliphatic rings. The largest absolute Gasteiger partial charge is 0.497 e. The van der Waals surface area contributed by atoms with Crippen molar-refractivity contribution in [1.82, 2.24) is 4.98 Å². The molecule has 1 aromatic carbocycles. The highest BCUT2D eigenvalue weighted by atomic mass is 16.5. The van der Waals surface area contributed by atoms with Gasteiger partial charge in [0.15, 0.2) is 0 Å². The summed E-state index contributed by atoms with van der Waals surface area (Å²) in [6.07, 6.45) is 2.22. The number of nitrogens with zero attached hydrogens (tertiary/aromatic N) is 1. The van der Waals surface area contributed by atoms with Crippen molar-refractivity contribution in [3.05, 3.63) is 66.2 Å². The summed E-state index contributed by atoms with van der Waals surface area (Å²) in [6, 6.07) is 14.8. The summed E-state index contributed by atoms with van der Waals surface area (Å²) in [4.78, 5) is 15.8. The van der Waals surface area contributed by atoms with Crippen LogP contribution >= 0.6 is 0 Å². The Morgan fingerprint density at radius 1 is 1.00 bits per heavy atom. The van der Waals surface area contributed by atoms with Gasteiger partial charge in [-0.2, -0.15) is 0 Å². The van der Waals surface area contributed by atoms with E-state index >= 15 is 0 Å². The molecular formula is C20H19NO5. The second kappa shape index (κ2) is 8.20. The van der Waals surface area contributed by atoms with E-state index in [-0.39, 0.29) is 5.76 Å². The van der Waals surface area contributed by atoms with Gasteiger partial charge >= 0.3 is 5.97 Å². The molecule has 0 spiro atoms. The molecule has 0 radical (unpaired) electrons. The molecule has 0 unspecified atom stereocenters. The SMILES string of the molecule is COC(=O)c1ccc(CCOc2ccc(-c3ccc(OC)cc3)nc2)o1. The number of rotatable bonds is 7. The molecule has 26 heavy (non-hydrogen) atoms. The van der Waals surface area contributed by atoms with E-state index in [2.05, 4.69) is 9.72 Å². The van der Waals surface area contributed by atoms with Crippen molar-refractivity contribution in [1.29, 1.82) is 0 Å². The fraction of sp³-hybridized carbons (Fsp3) is 0.200. The zero-order valence-corrected chi connectivity index (χ0v) is 14.6. The van der Waals surface area contributed by atoms with Gasteiger partial charge in [-0.3, -0.25) is 4.98 Å². The van der Waals surface area contributed by atoms with E-state index in [1.165, 1.54) is 7.11 Å². The Labute approximate surface area is 151 Å². The summed E-state index contributed by atoms with van der Waals surface area (Å²) >= 11 is 0. The number of pyridine rings is 1. The maximum Gasteiger partial charge on any atom is 0.373 e. The number of hydrogen-bond donors (Lipinski definition) is 0. The molecule has 2 aromatic heterocycles. The third-order valence-corrected chi connectivity index (χ3v) is 3.79. The normalized spacial score (nSPS) is 10.4.